The molecule has 9 fully saturated rings. The molecular weight excluding hydrogens is 835 g/mol. The molecule has 0 bridgehead atoms. The van der Waals surface area contributed by atoms with Crippen LogP contribution in [-0.2, 0) is 14.2 Å². The number of piperidine rings is 1. The lowest BCUT2D eigenvalue weighted by Crippen LogP contribution is -2.26. The third kappa shape index (κ3) is 72.2. The molecule has 0 saturated carbocycles. The Bertz CT molecular complexity index is 466. The molecule has 0 atom stereocenters. The fraction of sp³-hybridized carbons (Fsp3) is 1.00. The highest BCUT2D eigenvalue weighted by Gasteiger charge is 1.98. The maximum atomic E-state index is 5.08. The average Bonchev–Trinajstić information content (AvgIpc) is 4.04. The van der Waals surface area contributed by atoms with Gasteiger partial charge < -0.3 is 46.1 Å². The molecule has 62 heavy (non-hydrogen) atoms. The number of rotatable bonds is 0. The van der Waals surface area contributed by atoms with E-state index in [2.05, 4.69) is 47.9 Å². The Morgan fingerprint density at radius 3 is 0.919 bits per heavy atom. The Morgan fingerprint density at radius 2 is 0.548 bits per heavy atom. The SMILES string of the molecule is C.C.C.C.C.C.C.C.C1CCCNCC1.C1CCNC1.C1CCNCC1.C1CCOCNC1.C1CCSCNC1.C1CNCOC1.C1CNCSC1.C1COCN1.C1CSCN1. The van der Waals surface area contributed by atoms with Gasteiger partial charge in [0.15, 0.2) is 0 Å². The minimum Gasteiger partial charge on any atom is -0.366 e. The largest absolute Gasteiger partial charge is 0.366 e. The summed E-state index contributed by atoms with van der Waals surface area (Å²) in [4.78, 5) is 0. The normalized spacial score (nSPS) is 20.9. The standard InChI is InChI=1S/C6H13N.C5H11NO.C5H11NS.C5H11N.C4H9NO.C4H9NS.C4H9N.C3H7NO.C3H7NS.8CH4/c1-2-4-6-7-5-3-1;2*1-2-4-7-5-6-3-1;1-2-4-6-5-3-1;2*1-2-5-4-6-3-1;1-2-4-5-3-1;2*1-2-5-3-4-1;;;;;;;;/h7H,1-6H2;2*6H,1-5H2;6H,1-5H2;2*5H,1-4H2;5H,1-4H2;2*4H,1-3H2;8*1H4. The number of hydrogen-bond acceptors (Lipinski definition) is 15. The number of nitrogens with one attached hydrogen (secondary N) is 9. The van der Waals surface area contributed by atoms with Crippen LogP contribution in [0, 0.1) is 0 Å². The Kier molecular flexibility index (Phi) is 97.4. The summed E-state index contributed by atoms with van der Waals surface area (Å²) >= 11 is 5.95. The van der Waals surface area contributed by atoms with Crippen LogP contribution in [0.4, 0.5) is 0 Å². The third-order valence-corrected chi connectivity index (χ3v) is 11.6. The zero-order chi connectivity index (χ0) is 38.2. The van der Waals surface area contributed by atoms with Crippen LogP contribution in [0.15, 0.2) is 0 Å². The first-order chi connectivity index (χ1) is 27.0. The van der Waals surface area contributed by atoms with Crippen molar-refractivity contribution >= 4 is 35.3 Å². The molecule has 0 radical (unpaired) electrons. The van der Waals surface area contributed by atoms with E-state index in [9.17, 15) is 0 Å². The van der Waals surface area contributed by atoms with Crippen LogP contribution in [0.3, 0.4) is 0 Å². The van der Waals surface area contributed by atoms with Gasteiger partial charge in [-0.15, -0.1) is 35.3 Å². The van der Waals surface area contributed by atoms with Crippen LogP contribution in [-0.4, -0.2) is 153 Å². The van der Waals surface area contributed by atoms with Crippen molar-refractivity contribution in [2.24, 2.45) is 0 Å². The summed E-state index contributed by atoms with van der Waals surface area (Å²) in [6, 6.07) is 0. The Morgan fingerprint density at radius 1 is 0.226 bits per heavy atom. The summed E-state index contributed by atoms with van der Waals surface area (Å²) in [5, 5.41) is 28.8. The molecular formula is C47H119N9O3S3. The fourth-order valence-electron chi connectivity index (χ4n) is 5.50. The van der Waals surface area contributed by atoms with Crippen LogP contribution in [0.2, 0.25) is 0 Å². The van der Waals surface area contributed by atoms with Crippen LogP contribution < -0.4 is 47.9 Å². The summed E-state index contributed by atoms with van der Waals surface area (Å²) in [5.74, 6) is 7.51. The first-order valence-corrected chi connectivity index (χ1v) is 25.3. The van der Waals surface area contributed by atoms with E-state index in [1.807, 2.05) is 35.3 Å². The van der Waals surface area contributed by atoms with E-state index in [4.69, 9.17) is 14.2 Å². The molecule has 0 unspecified atom stereocenters. The third-order valence-electron chi connectivity index (χ3n) is 8.76. The van der Waals surface area contributed by atoms with E-state index in [1.54, 1.807) is 0 Å². The molecule has 0 aliphatic carbocycles. The molecule has 9 heterocycles. The van der Waals surface area contributed by atoms with Crippen LogP contribution in [0.1, 0.15) is 156 Å². The number of thioether (sulfide) groups is 3. The predicted molar refractivity (Wildman–Crippen MR) is 294 cm³/mol. The Balaban J connectivity index is -0.0000000870. The van der Waals surface area contributed by atoms with E-state index in [0.717, 1.165) is 59.6 Å². The van der Waals surface area contributed by atoms with Crippen LogP contribution >= 0.6 is 35.3 Å². The maximum absolute atomic E-state index is 5.08. The van der Waals surface area contributed by atoms with Gasteiger partial charge in [-0.05, 0) is 154 Å². The first kappa shape index (κ1) is 79.7. The lowest BCUT2D eigenvalue weighted by atomic mass is 10.2. The maximum Gasteiger partial charge on any atom is 0.0966 e. The minimum atomic E-state index is 0. The molecule has 388 valence electrons. The zero-order valence-electron chi connectivity index (χ0n) is 34.5. The highest BCUT2D eigenvalue weighted by atomic mass is 32.2. The van der Waals surface area contributed by atoms with Gasteiger partial charge in [0.05, 0.1) is 26.8 Å². The van der Waals surface area contributed by atoms with Gasteiger partial charge >= 0.3 is 0 Å². The molecule has 12 nitrogen and oxygen atoms in total. The highest BCUT2D eigenvalue weighted by molar-refractivity contribution is 7.99. The molecule has 9 aliphatic rings. The van der Waals surface area contributed by atoms with E-state index < -0.39 is 0 Å². The molecule has 9 rings (SSSR count). The molecule has 0 amide bonds. The predicted octanol–water partition coefficient (Wildman–Crippen LogP) is 9.24. The van der Waals surface area contributed by atoms with Gasteiger partial charge in [0.25, 0.3) is 0 Å². The van der Waals surface area contributed by atoms with Gasteiger partial charge in [-0.2, -0.15) is 0 Å². The molecule has 15 heteroatoms. The second kappa shape index (κ2) is 75.9. The Labute approximate surface area is 404 Å². The molecule has 9 aliphatic heterocycles. The van der Waals surface area contributed by atoms with Gasteiger partial charge in [-0.1, -0.05) is 78.7 Å². The molecule has 0 aromatic carbocycles. The second-order valence-corrected chi connectivity index (χ2v) is 17.2. The van der Waals surface area contributed by atoms with Gasteiger partial charge in [0.2, 0.25) is 0 Å². The van der Waals surface area contributed by atoms with Crippen molar-refractivity contribution in [1.82, 2.24) is 47.9 Å². The van der Waals surface area contributed by atoms with Gasteiger partial charge in [-0.3, -0.25) is 16.0 Å². The summed E-state index contributed by atoms with van der Waals surface area (Å²) in [5.41, 5.74) is 0. The van der Waals surface area contributed by atoms with E-state index in [0.29, 0.717) is 0 Å². The van der Waals surface area contributed by atoms with Crippen molar-refractivity contribution in [1.29, 1.82) is 0 Å². The molecule has 0 spiro atoms. The zero-order valence-corrected chi connectivity index (χ0v) is 37.0. The van der Waals surface area contributed by atoms with E-state index >= 15 is 0 Å². The fourth-order valence-corrected chi connectivity index (χ4v) is 7.84. The smallest absolute Gasteiger partial charge is 0.0966 e. The van der Waals surface area contributed by atoms with Crippen LogP contribution in [0.25, 0.3) is 0 Å². The molecule has 0 aromatic heterocycles. The van der Waals surface area contributed by atoms with Crippen molar-refractivity contribution in [3.63, 3.8) is 0 Å². The molecule has 0 aromatic rings. The highest BCUT2D eigenvalue weighted by Crippen LogP contribution is 2.05. The number of ether oxygens (including phenoxy) is 3. The average molecular weight is 955 g/mol. The molecule has 9 N–H and O–H groups in total. The summed E-state index contributed by atoms with van der Waals surface area (Å²) in [7, 11) is 0. The Hall–Kier alpha value is 0.570. The van der Waals surface area contributed by atoms with Crippen molar-refractivity contribution in [2.75, 3.05) is 153 Å². The van der Waals surface area contributed by atoms with Gasteiger partial charge in [-0.25, -0.2) is 0 Å². The lowest BCUT2D eigenvalue weighted by molar-refractivity contribution is 0.0848. The summed E-state index contributed by atoms with van der Waals surface area (Å²) < 4.78 is 14.9. The first-order valence-electron chi connectivity index (χ1n) is 21.8. The van der Waals surface area contributed by atoms with Crippen molar-refractivity contribution in [2.45, 2.75) is 156 Å². The second-order valence-electron chi connectivity index (χ2n) is 13.9. The van der Waals surface area contributed by atoms with Gasteiger partial charge in [0, 0.05) is 49.7 Å². The van der Waals surface area contributed by atoms with E-state index in [1.165, 1.54) is 190 Å². The van der Waals surface area contributed by atoms with Crippen molar-refractivity contribution in [3.05, 3.63) is 0 Å². The number of hydrogen-bond donors (Lipinski definition) is 9. The van der Waals surface area contributed by atoms with Gasteiger partial charge in [0.1, 0.15) is 0 Å². The van der Waals surface area contributed by atoms with E-state index in [-0.39, 0.29) is 59.4 Å². The summed E-state index contributed by atoms with van der Waals surface area (Å²) in [6.45, 7) is 19.5. The summed E-state index contributed by atoms with van der Waals surface area (Å²) in [6.07, 6.45) is 20.4. The topological polar surface area (TPSA) is 136 Å². The van der Waals surface area contributed by atoms with Crippen molar-refractivity contribution < 1.29 is 14.2 Å². The van der Waals surface area contributed by atoms with Crippen LogP contribution in [0.5, 0.6) is 0 Å². The minimum absolute atomic E-state index is 0. The quantitative estimate of drug-likeness (QED) is 0.114. The molecule has 9 saturated heterocycles. The lowest BCUT2D eigenvalue weighted by Gasteiger charge is -2.10. The monoisotopic (exact) mass is 954 g/mol. The van der Waals surface area contributed by atoms with Crippen molar-refractivity contribution in [3.8, 4) is 0 Å².